The van der Waals surface area contributed by atoms with Crippen molar-refractivity contribution in [2.45, 2.75) is 32.5 Å². The fourth-order valence-electron chi connectivity index (χ4n) is 1.24. The molecule has 1 rings (SSSR count). The Morgan fingerprint density at radius 3 is 2.57 bits per heavy atom. The van der Waals surface area contributed by atoms with Gasteiger partial charge in [-0.15, -0.1) is 0 Å². The minimum absolute atomic E-state index is 0.00898. The second kappa shape index (κ2) is 4.41. The van der Waals surface area contributed by atoms with Gasteiger partial charge >= 0.3 is 5.69 Å². The monoisotopic (exact) mass is 202 g/mol. The third-order valence-corrected chi connectivity index (χ3v) is 2.02. The minimum Gasteiger partial charge on any atom is -0.389 e. The SMILES string of the molecule is CC(C)n1ccn(CC(O)CF)c1=O. The Morgan fingerprint density at radius 1 is 1.50 bits per heavy atom. The summed E-state index contributed by atoms with van der Waals surface area (Å²) >= 11 is 0. The van der Waals surface area contributed by atoms with E-state index in [0.29, 0.717) is 0 Å². The van der Waals surface area contributed by atoms with E-state index >= 15 is 0 Å². The van der Waals surface area contributed by atoms with Gasteiger partial charge in [0.05, 0.1) is 6.54 Å². The molecule has 1 N–H and O–H groups in total. The Balaban J connectivity index is 2.85. The second-order valence-corrected chi connectivity index (χ2v) is 3.54. The number of hydrogen-bond acceptors (Lipinski definition) is 2. The number of aliphatic hydroxyl groups is 1. The van der Waals surface area contributed by atoms with Crippen molar-refractivity contribution in [2.24, 2.45) is 0 Å². The first-order chi connectivity index (χ1) is 6.56. The highest BCUT2D eigenvalue weighted by molar-refractivity contribution is 4.84. The molecule has 1 aromatic heterocycles. The Hall–Kier alpha value is -1.10. The van der Waals surface area contributed by atoms with Gasteiger partial charge in [0, 0.05) is 18.4 Å². The highest BCUT2D eigenvalue weighted by atomic mass is 19.1. The van der Waals surface area contributed by atoms with E-state index in [1.807, 2.05) is 13.8 Å². The zero-order valence-electron chi connectivity index (χ0n) is 8.35. The lowest BCUT2D eigenvalue weighted by molar-refractivity contribution is 0.120. The van der Waals surface area contributed by atoms with E-state index in [0.717, 1.165) is 0 Å². The molecule has 1 heterocycles. The predicted molar refractivity (Wildman–Crippen MR) is 51.1 cm³/mol. The molecule has 0 saturated heterocycles. The van der Waals surface area contributed by atoms with Crippen molar-refractivity contribution in [1.29, 1.82) is 0 Å². The van der Waals surface area contributed by atoms with E-state index in [9.17, 15) is 9.18 Å². The molecule has 0 aliphatic rings. The molecule has 0 saturated carbocycles. The van der Waals surface area contributed by atoms with E-state index < -0.39 is 12.8 Å². The number of rotatable bonds is 4. The molecule has 0 fully saturated rings. The molecule has 0 aliphatic carbocycles. The lowest BCUT2D eigenvalue weighted by Gasteiger charge is -2.07. The van der Waals surface area contributed by atoms with Crippen molar-refractivity contribution in [1.82, 2.24) is 9.13 Å². The molecule has 0 spiro atoms. The summed E-state index contributed by atoms with van der Waals surface area (Å²) in [6, 6.07) is 0.0752. The molecule has 0 radical (unpaired) electrons. The molecular weight excluding hydrogens is 187 g/mol. The Labute approximate surface area is 81.6 Å². The van der Waals surface area contributed by atoms with Crippen LogP contribution in [-0.4, -0.2) is 27.0 Å². The third-order valence-electron chi connectivity index (χ3n) is 2.02. The number of aromatic nitrogens is 2. The van der Waals surface area contributed by atoms with Crippen LogP contribution in [0.5, 0.6) is 0 Å². The van der Waals surface area contributed by atoms with E-state index in [1.54, 1.807) is 12.4 Å². The lowest BCUT2D eigenvalue weighted by atomic mass is 10.4. The topological polar surface area (TPSA) is 47.2 Å². The molecule has 5 heteroatoms. The van der Waals surface area contributed by atoms with Gasteiger partial charge in [-0.25, -0.2) is 9.18 Å². The highest BCUT2D eigenvalue weighted by Gasteiger charge is 2.09. The fraction of sp³-hybridized carbons (Fsp3) is 0.667. The van der Waals surface area contributed by atoms with Crippen LogP contribution in [-0.2, 0) is 6.54 Å². The van der Waals surface area contributed by atoms with Crippen LogP contribution in [0.4, 0.5) is 4.39 Å². The lowest BCUT2D eigenvalue weighted by Crippen LogP contribution is -2.29. The van der Waals surface area contributed by atoms with Crippen LogP contribution >= 0.6 is 0 Å². The van der Waals surface area contributed by atoms with Gasteiger partial charge in [-0.2, -0.15) is 0 Å². The quantitative estimate of drug-likeness (QED) is 0.775. The third kappa shape index (κ3) is 2.23. The average molecular weight is 202 g/mol. The highest BCUT2D eigenvalue weighted by Crippen LogP contribution is 1.99. The Kier molecular flexibility index (Phi) is 3.46. The first-order valence-electron chi connectivity index (χ1n) is 4.57. The number of halogens is 1. The molecule has 1 aromatic rings. The number of alkyl halides is 1. The van der Waals surface area contributed by atoms with Crippen molar-refractivity contribution in [2.75, 3.05) is 6.67 Å². The smallest absolute Gasteiger partial charge is 0.328 e. The van der Waals surface area contributed by atoms with Crippen molar-refractivity contribution < 1.29 is 9.50 Å². The van der Waals surface area contributed by atoms with Gasteiger partial charge in [-0.3, -0.25) is 9.13 Å². The summed E-state index contributed by atoms with van der Waals surface area (Å²) in [5, 5.41) is 9.04. The zero-order chi connectivity index (χ0) is 10.7. The van der Waals surface area contributed by atoms with Gasteiger partial charge < -0.3 is 5.11 Å². The molecule has 0 amide bonds. The van der Waals surface area contributed by atoms with E-state index in [2.05, 4.69) is 0 Å². The standard InChI is InChI=1S/C9H15FN2O2/c1-7(2)12-4-3-11(9(12)14)6-8(13)5-10/h3-4,7-8,13H,5-6H2,1-2H3. The van der Waals surface area contributed by atoms with Gasteiger partial charge in [0.25, 0.3) is 0 Å². The molecule has 0 aliphatic heterocycles. The van der Waals surface area contributed by atoms with Crippen molar-refractivity contribution in [3.63, 3.8) is 0 Å². The molecule has 1 unspecified atom stereocenters. The number of nitrogens with zero attached hydrogens (tertiary/aromatic N) is 2. The van der Waals surface area contributed by atoms with E-state index in [-0.39, 0.29) is 18.3 Å². The fourth-order valence-corrected chi connectivity index (χ4v) is 1.24. The average Bonchev–Trinajstić information content (AvgIpc) is 2.48. The number of hydrogen-bond donors (Lipinski definition) is 1. The molecule has 4 nitrogen and oxygen atoms in total. The predicted octanol–water partition coefficient (Wildman–Crippen LogP) is 0.561. The molecule has 0 bridgehead atoms. The largest absolute Gasteiger partial charge is 0.389 e. The van der Waals surface area contributed by atoms with Crippen molar-refractivity contribution in [3.8, 4) is 0 Å². The van der Waals surface area contributed by atoms with Crippen LogP contribution in [0.15, 0.2) is 17.2 Å². The number of aliphatic hydroxyl groups excluding tert-OH is 1. The molecule has 0 aromatic carbocycles. The van der Waals surface area contributed by atoms with Gasteiger partial charge in [0.1, 0.15) is 12.8 Å². The van der Waals surface area contributed by atoms with E-state index in [1.165, 1.54) is 9.13 Å². The van der Waals surface area contributed by atoms with Crippen LogP contribution in [0.1, 0.15) is 19.9 Å². The van der Waals surface area contributed by atoms with Gasteiger partial charge in [-0.05, 0) is 13.8 Å². The van der Waals surface area contributed by atoms with Gasteiger partial charge in [0.2, 0.25) is 0 Å². The van der Waals surface area contributed by atoms with Crippen LogP contribution < -0.4 is 5.69 Å². The van der Waals surface area contributed by atoms with Crippen molar-refractivity contribution in [3.05, 3.63) is 22.9 Å². The maximum atomic E-state index is 12.0. The van der Waals surface area contributed by atoms with Crippen LogP contribution in [0, 0.1) is 0 Å². The van der Waals surface area contributed by atoms with Crippen LogP contribution in [0.25, 0.3) is 0 Å². The van der Waals surface area contributed by atoms with Gasteiger partial charge in [-0.1, -0.05) is 0 Å². The summed E-state index contributed by atoms with van der Waals surface area (Å²) < 4.78 is 14.8. The molecule has 14 heavy (non-hydrogen) atoms. The van der Waals surface area contributed by atoms with Gasteiger partial charge in [0.15, 0.2) is 0 Å². The molecular formula is C9H15FN2O2. The normalized spacial score (nSPS) is 13.5. The maximum absolute atomic E-state index is 12.0. The zero-order valence-corrected chi connectivity index (χ0v) is 8.35. The second-order valence-electron chi connectivity index (χ2n) is 3.54. The summed E-state index contributed by atoms with van der Waals surface area (Å²) in [6.45, 7) is 2.95. The summed E-state index contributed by atoms with van der Waals surface area (Å²) in [5.41, 5.74) is -0.215. The summed E-state index contributed by atoms with van der Waals surface area (Å²) in [4.78, 5) is 11.6. The summed E-state index contributed by atoms with van der Waals surface area (Å²) in [7, 11) is 0. The van der Waals surface area contributed by atoms with Crippen molar-refractivity contribution >= 4 is 0 Å². The van der Waals surface area contributed by atoms with Crippen LogP contribution in [0.3, 0.4) is 0 Å². The summed E-state index contributed by atoms with van der Waals surface area (Å²) in [6.07, 6.45) is 2.09. The molecule has 1 atom stereocenters. The van der Waals surface area contributed by atoms with Crippen LogP contribution in [0.2, 0.25) is 0 Å². The van der Waals surface area contributed by atoms with E-state index in [4.69, 9.17) is 5.11 Å². The summed E-state index contributed by atoms with van der Waals surface area (Å²) in [5.74, 6) is 0. The first-order valence-corrected chi connectivity index (χ1v) is 4.57. The first kappa shape index (κ1) is 11.0. The Bertz CT molecular complexity index is 343. The number of imidazole rings is 1. The Morgan fingerprint density at radius 2 is 2.14 bits per heavy atom. The minimum atomic E-state index is -1.10. The maximum Gasteiger partial charge on any atom is 0.328 e. The molecule has 80 valence electrons.